The molecule has 1 aromatic heterocycles. The smallest absolute Gasteiger partial charge is 0.412 e. The molecule has 0 unspecified atom stereocenters. The maximum atomic E-state index is 13.7. The minimum absolute atomic E-state index is 0.0404. The van der Waals surface area contributed by atoms with Crippen molar-refractivity contribution < 1.29 is 33.4 Å². The molecule has 0 saturated heterocycles. The number of carbonyl (C=O) groups is 4. The SMILES string of the molecule is C=Cc1cc(C(=O)Nc2ccc(C(=N)NC(=O)OCC)cc2)c(-c2ccc(C(=O)NCC3CC3)nc2C(=O)OC)cc1OC. The first kappa shape index (κ1) is 31.4. The Morgan fingerprint density at radius 2 is 1.75 bits per heavy atom. The van der Waals surface area contributed by atoms with Crippen molar-refractivity contribution in [2.45, 2.75) is 19.8 Å². The van der Waals surface area contributed by atoms with Crippen molar-refractivity contribution in [2.75, 3.05) is 32.7 Å². The van der Waals surface area contributed by atoms with Gasteiger partial charge in [0, 0.05) is 40.0 Å². The molecular weight excluding hydrogens is 566 g/mol. The third-order valence-electron chi connectivity index (χ3n) is 6.81. The van der Waals surface area contributed by atoms with Gasteiger partial charge in [-0.05, 0) is 74.2 Å². The van der Waals surface area contributed by atoms with Crippen molar-refractivity contribution >= 4 is 41.5 Å². The Morgan fingerprint density at radius 1 is 1.02 bits per heavy atom. The predicted octanol–water partition coefficient (Wildman–Crippen LogP) is 4.65. The minimum Gasteiger partial charge on any atom is -0.496 e. The number of rotatable bonds is 11. The van der Waals surface area contributed by atoms with Crippen LogP contribution in [0.4, 0.5) is 10.5 Å². The third-order valence-corrected chi connectivity index (χ3v) is 6.81. The number of nitrogens with one attached hydrogen (secondary N) is 4. The first-order chi connectivity index (χ1) is 21.2. The molecule has 0 spiro atoms. The number of methoxy groups -OCH3 is 2. The molecule has 3 aromatic rings. The van der Waals surface area contributed by atoms with Crippen LogP contribution in [0.3, 0.4) is 0 Å². The number of alkyl carbamates (subject to hydrolysis) is 1. The summed E-state index contributed by atoms with van der Waals surface area (Å²) < 4.78 is 15.3. The van der Waals surface area contributed by atoms with Crippen LogP contribution in [0, 0.1) is 11.3 Å². The molecule has 12 nitrogen and oxygen atoms in total. The summed E-state index contributed by atoms with van der Waals surface area (Å²) in [5.41, 5.74) is 1.94. The number of esters is 1. The second-order valence-corrected chi connectivity index (χ2v) is 9.83. The van der Waals surface area contributed by atoms with Gasteiger partial charge in [0.05, 0.1) is 20.8 Å². The molecule has 228 valence electrons. The zero-order valence-electron chi connectivity index (χ0n) is 24.6. The molecule has 0 bridgehead atoms. The largest absolute Gasteiger partial charge is 0.496 e. The number of anilines is 1. The van der Waals surface area contributed by atoms with Gasteiger partial charge < -0.3 is 24.8 Å². The summed E-state index contributed by atoms with van der Waals surface area (Å²) in [7, 11) is 2.67. The number of benzene rings is 2. The molecule has 1 aliphatic carbocycles. The lowest BCUT2D eigenvalue weighted by Crippen LogP contribution is -2.31. The summed E-state index contributed by atoms with van der Waals surface area (Å²) in [6, 6.07) is 12.4. The van der Waals surface area contributed by atoms with Crippen molar-refractivity contribution in [2.24, 2.45) is 5.92 Å². The van der Waals surface area contributed by atoms with Crippen LogP contribution in [-0.4, -0.2) is 62.1 Å². The topological polar surface area (TPSA) is 169 Å². The van der Waals surface area contributed by atoms with Gasteiger partial charge in [-0.1, -0.05) is 12.7 Å². The first-order valence-electron chi connectivity index (χ1n) is 13.9. The summed E-state index contributed by atoms with van der Waals surface area (Å²) in [5.74, 6) is -1.04. The molecule has 1 heterocycles. The van der Waals surface area contributed by atoms with Gasteiger partial charge in [0.15, 0.2) is 5.69 Å². The van der Waals surface area contributed by atoms with Crippen molar-refractivity contribution in [1.29, 1.82) is 5.41 Å². The molecule has 12 heteroatoms. The molecule has 2 aromatic carbocycles. The number of hydrogen-bond acceptors (Lipinski definition) is 9. The molecule has 0 atom stereocenters. The van der Waals surface area contributed by atoms with Crippen LogP contribution in [0.25, 0.3) is 17.2 Å². The zero-order chi connectivity index (χ0) is 31.8. The number of amidine groups is 1. The number of aromatic nitrogens is 1. The van der Waals surface area contributed by atoms with Crippen LogP contribution in [0.5, 0.6) is 5.75 Å². The number of hydrogen-bond donors (Lipinski definition) is 4. The van der Waals surface area contributed by atoms with Gasteiger partial charge in [0.1, 0.15) is 17.3 Å². The van der Waals surface area contributed by atoms with Crippen LogP contribution >= 0.6 is 0 Å². The molecule has 1 aliphatic rings. The van der Waals surface area contributed by atoms with Crippen LogP contribution < -0.4 is 20.7 Å². The van der Waals surface area contributed by atoms with Gasteiger partial charge >= 0.3 is 12.1 Å². The Balaban J connectivity index is 1.68. The maximum absolute atomic E-state index is 13.7. The highest BCUT2D eigenvalue weighted by molar-refractivity contribution is 6.11. The molecule has 1 fully saturated rings. The molecule has 0 radical (unpaired) electrons. The van der Waals surface area contributed by atoms with Gasteiger partial charge in [0.25, 0.3) is 11.8 Å². The lowest BCUT2D eigenvalue weighted by Gasteiger charge is -2.17. The third kappa shape index (κ3) is 7.46. The highest BCUT2D eigenvalue weighted by Crippen LogP contribution is 2.34. The summed E-state index contributed by atoms with van der Waals surface area (Å²) in [4.78, 5) is 55.3. The fourth-order valence-corrected chi connectivity index (χ4v) is 4.31. The summed E-state index contributed by atoms with van der Waals surface area (Å²) in [6.07, 6.45) is 2.91. The monoisotopic (exact) mass is 599 g/mol. The van der Waals surface area contributed by atoms with Gasteiger partial charge in [-0.15, -0.1) is 0 Å². The van der Waals surface area contributed by atoms with Crippen molar-refractivity contribution in [3.05, 3.63) is 83.2 Å². The van der Waals surface area contributed by atoms with Gasteiger partial charge in [-0.25, -0.2) is 14.6 Å². The van der Waals surface area contributed by atoms with E-state index in [4.69, 9.17) is 19.6 Å². The van der Waals surface area contributed by atoms with Gasteiger partial charge in [0.2, 0.25) is 0 Å². The highest BCUT2D eigenvalue weighted by atomic mass is 16.5. The van der Waals surface area contributed by atoms with E-state index < -0.39 is 23.9 Å². The van der Waals surface area contributed by atoms with Crippen LogP contribution in [-0.2, 0) is 9.47 Å². The average molecular weight is 600 g/mol. The van der Waals surface area contributed by atoms with E-state index in [-0.39, 0.29) is 35.0 Å². The summed E-state index contributed by atoms with van der Waals surface area (Å²) in [5, 5.41) is 16.0. The zero-order valence-corrected chi connectivity index (χ0v) is 24.6. The van der Waals surface area contributed by atoms with E-state index in [9.17, 15) is 19.2 Å². The second-order valence-electron chi connectivity index (χ2n) is 9.83. The molecule has 4 N–H and O–H groups in total. The quantitative estimate of drug-likeness (QED) is 0.140. The van der Waals surface area contributed by atoms with Crippen molar-refractivity contribution in [1.82, 2.24) is 15.6 Å². The number of pyridine rings is 1. The van der Waals surface area contributed by atoms with Crippen LogP contribution in [0.2, 0.25) is 0 Å². The molecule has 1 saturated carbocycles. The van der Waals surface area contributed by atoms with Gasteiger partial charge in [-0.2, -0.15) is 0 Å². The minimum atomic E-state index is -0.788. The standard InChI is InChI=1S/C32H33N5O7/c1-5-19-15-24(29(38)35-21-11-9-20(10-12-21)28(33)37-32(41)44-6-2)23(16-26(19)42-3)22-13-14-25(36-27(22)31(40)43-4)30(39)34-17-18-7-8-18/h5,9-16,18H,1,6-8,17H2,2-4H3,(H,34,39)(H,35,38)(H2,33,37,41). The Bertz CT molecular complexity index is 1610. The normalized spacial score (nSPS) is 12.0. The van der Waals surface area contributed by atoms with E-state index in [1.165, 1.54) is 26.4 Å². The Morgan fingerprint density at radius 3 is 2.36 bits per heavy atom. The highest BCUT2D eigenvalue weighted by Gasteiger charge is 2.26. The molecular formula is C32H33N5O7. The van der Waals surface area contributed by atoms with E-state index in [0.29, 0.717) is 40.6 Å². The fraction of sp³-hybridized carbons (Fsp3) is 0.250. The fourth-order valence-electron chi connectivity index (χ4n) is 4.31. The number of carbonyl (C=O) groups excluding carboxylic acids is 4. The first-order valence-corrected chi connectivity index (χ1v) is 13.9. The number of amides is 3. The van der Waals surface area contributed by atoms with E-state index in [0.717, 1.165) is 12.8 Å². The van der Waals surface area contributed by atoms with E-state index in [1.54, 1.807) is 49.4 Å². The van der Waals surface area contributed by atoms with Crippen LogP contribution in [0.1, 0.15) is 62.2 Å². The lowest BCUT2D eigenvalue weighted by molar-refractivity contribution is 0.0594. The van der Waals surface area contributed by atoms with E-state index >= 15 is 0 Å². The van der Waals surface area contributed by atoms with Crippen molar-refractivity contribution in [3.63, 3.8) is 0 Å². The molecule has 44 heavy (non-hydrogen) atoms. The second kappa shape index (κ2) is 14.1. The average Bonchev–Trinajstić information content (AvgIpc) is 3.87. The summed E-state index contributed by atoms with van der Waals surface area (Å²) >= 11 is 0. The Hall–Kier alpha value is -5.52. The van der Waals surface area contributed by atoms with Crippen molar-refractivity contribution in [3.8, 4) is 16.9 Å². The molecule has 0 aliphatic heterocycles. The van der Waals surface area contributed by atoms with E-state index in [2.05, 4.69) is 27.5 Å². The number of ether oxygens (including phenoxy) is 3. The number of nitrogens with zero attached hydrogens (tertiary/aromatic N) is 1. The maximum Gasteiger partial charge on any atom is 0.412 e. The Kier molecular flexibility index (Phi) is 10.1. The molecule has 3 amide bonds. The predicted molar refractivity (Wildman–Crippen MR) is 164 cm³/mol. The van der Waals surface area contributed by atoms with Gasteiger partial charge in [-0.3, -0.25) is 20.3 Å². The lowest BCUT2D eigenvalue weighted by atomic mass is 9.94. The van der Waals surface area contributed by atoms with Crippen LogP contribution in [0.15, 0.2) is 55.1 Å². The Labute approximate surface area is 254 Å². The van der Waals surface area contributed by atoms with E-state index in [1.807, 2.05) is 0 Å². The summed E-state index contributed by atoms with van der Waals surface area (Å²) in [6.45, 7) is 6.16. The molecule has 4 rings (SSSR count).